The molecule has 164 valence electrons. The normalized spacial score (nSPS) is 16.0. The highest BCUT2D eigenvalue weighted by Gasteiger charge is 2.30. The minimum absolute atomic E-state index is 0.121. The minimum atomic E-state index is -0.887. The highest BCUT2D eigenvalue weighted by molar-refractivity contribution is 6.36. The number of fused-ring (bicyclic) bond motifs is 1. The van der Waals surface area contributed by atoms with Crippen molar-refractivity contribution in [3.8, 4) is 0 Å². The standard InChI is InChI=1S/C20H16Cl2N6O4/c21-11-2-4-14(13(22)8-11)24-20(32)23-9-10-1-3-12-15(7-10)26-27-28(19(12)31)16-5-6-17(29)25-18(16)30/h1-4,7-8,16H,5-6,9H2,(H2,23,24,32)(H,25,29,30). The Kier molecular flexibility index (Phi) is 6.06. The lowest BCUT2D eigenvalue weighted by atomic mass is 10.1. The Morgan fingerprint density at radius 3 is 2.72 bits per heavy atom. The molecule has 4 amide bonds. The number of benzene rings is 2. The summed E-state index contributed by atoms with van der Waals surface area (Å²) in [5.74, 6) is -0.961. The van der Waals surface area contributed by atoms with Gasteiger partial charge in [-0.25, -0.2) is 4.79 Å². The molecule has 0 spiro atoms. The lowest BCUT2D eigenvalue weighted by molar-refractivity contribution is -0.136. The predicted molar refractivity (Wildman–Crippen MR) is 118 cm³/mol. The maximum Gasteiger partial charge on any atom is 0.319 e. The van der Waals surface area contributed by atoms with Crippen LogP contribution in [-0.4, -0.2) is 32.8 Å². The van der Waals surface area contributed by atoms with Crippen molar-refractivity contribution in [2.45, 2.75) is 25.4 Å². The molecule has 0 bridgehead atoms. The molecule has 4 rings (SSSR count). The lowest BCUT2D eigenvalue weighted by Gasteiger charge is -2.21. The molecule has 10 nitrogen and oxygen atoms in total. The Morgan fingerprint density at radius 2 is 1.97 bits per heavy atom. The first-order valence-corrected chi connectivity index (χ1v) is 10.3. The molecule has 0 saturated carbocycles. The van der Waals surface area contributed by atoms with Gasteiger partial charge in [0.1, 0.15) is 11.6 Å². The molecule has 2 heterocycles. The van der Waals surface area contributed by atoms with Crippen LogP contribution in [-0.2, 0) is 16.1 Å². The van der Waals surface area contributed by atoms with Crippen molar-refractivity contribution in [2.75, 3.05) is 5.32 Å². The second kappa shape index (κ2) is 8.93. The van der Waals surface area contributed by atoms with Crippen molar-refractivity contribution in [2.24, 2.45) is 0 Å². The van der Waals surface area contributed by atoms with Gasteiger partial charge in [0.15, 0.2) is 0 Å². The van der Waals surface area contributed by atoms with Crippen molar-refractivity contribution in [1.82, 2.24) is 25.6 Å². The number of anilines is 1. The average Bonchev–Trinajstić information content (AvgIpc) is 2.75. The van der Waals surface area contributed by atoms with Gasteiger partial charge >= 0.3 is 6.03 Å². The second-order valence-corrected chi connectivity index (χ2v) is 7.93. The van der Waals surface area contributed by atoms with E-state index in [0.29, 0.717) is 26.8 Å². The monoisotopic (exact) mass is 474 g/mol. The summed E-state index contributed by atoms with van der Waals surface area (Å²) < 4.78 is 0.991. The van der Waals surface area contributed by atoms with Gasteiger partial charge in [-0.05, 0) is 42.3 Å². The van der Waals surface area contributed by atoms with Crippen molar-refractivity contribution in [1.29, 1.82) is 0 Å². The van der Waals surface area contributed by atoms with Crippen LogP contribution in [0.4, 0.5) is 10.5 Å². The molecule has 1 aromatic heterocycles. The number of nitrogens with zero attached hydrogens (tertiary/aromatic N) is 3. The van der Waals surface area contributed by atoms with Crippen molar-refractivity contribution < 1.29 is 14.4 Å². The van der Waals surface area contributed by atoms with Crippen molar-refractivity contribution in [3.63, 3.8) is 0 Å². The fourth-order valence-electron chi connectivity index (χ4n) is 3.27. The number of amides is 4. The van der Waals surface area contributed by atoms with Crippen LogP contribution in [0.15, 0.2) is 41.2 Å². The largest absolute Gasteiger partial charge is 0.334 e. The number of hydrogen-bond acceptors (Lipinski definition) is 6. The zero-order valence-corrected chi connectivity index (χ0v) is 17.9. The van der Waals surface area contributed by atoms with Gasteiger partial charge in [-0.1, -0.05) is 34.5 Å². The Labute approximate surface area is 190 Å². The molecule has 0 aliphatic carbocycles. The number of carbonyl (C=O) groups excluding carboxylic acids is 3. The Bertz CT molecular complexity index is 1310. The summed E-state index contributed by atoms with van der Waals surface area (Å²) in [7, 11) is 0. The molecule has 1 unspecified atom stereocenters. The zero-order chi connectivity index (χ0) is 22.8. The Balaban J connectivity index is 1.47. The maximum absolute atomic E-state index is 12.8. The van der Waals surface area contributed by atoms with Crippen LogP contribution in [0, 0.1) is 0 Å². The molecule has 1 saturated heterocycles. The Morgan fingerprint density at radius 1 is 1.16 bits per heavy atom. The van der Waals surface area contributed by atoms with E-state index >= 15 is 0 Å². The molecule has 12 heteroatoms. The van der Waals surface area contributed by atoms with Crippen LogP contribution in [0.5, 0.6) is 0 Å². The van der Waals surface area contributed by atoms with E-state index in [1.165, 1.54) is 6.07 Å². The van der Waals surface area contributed by atoms with Crippen LogP contribution in [0.25, 0.3) is 10.9 Å². The van der Waals surface area contributed by atoms with E-state index in [9.17, 15) is 19.2 Å². The molecule has 2 aromatic carbocycles. The molecular weight excluding hydrogens is 459 g/mol. The summed E-state index contributed by atoms with van der Waals surface area (Å²) in [6.07, 6.45) is 0.302. The minimum Gasteiger partial charge on any atom is -0.334 e. The van der Waals surface area contributed by atoms with Gasteiger partial charge in [-0.2, -0.15) is 4.68 Å². The summed E-state index contributed by atoms with van der Waals surface area (Å²) in [4.78, 5) is 48.3. The lowest BCUT2D eigenvalue weighted by Crippen LogP contribution is -2.45. The number of piperidine rings is 1. The number of rotatable bonds is 4. The molecule has 1 aliphatic rings. The number of aromatic nitrogens is 3. The van der Waals surface area contributed by atoms with E-state index in [-0.39, 0.29) is 30.7 Å². The van der Waals surface area contributed by atoms with E-state index in [0.717, 1.165) is 4.68 Å². The van der Waals surface area contributed by atoms with E-state index in [2.05, 4.69) is 26.3 Å². The molecule has 32 heavy (non-hydrogen) atoms. The van der Waals surface area contributed by atoms with Gasteiger partial charge in [-0.3, -0.25) is 19.7 Å². The highest BCUT2D eigenvalue weighted by Crippen LogP contribution is 2.25. The molecule has 1 fully saturated rings. The van der Waals surface area contributed by atoms with E-state index in [1.54, 1.807) is 30.3 Å². The molecule has 3 N–H and O–H groups in total. The number of urea groups is 1. The maximum atomic E-state index is 12.8. The van der Waals surface area contributed by atoms with Gasteiger partial charge in [-0.15, -0.1) is 5.10 Å². The first-order valence-electron chi connectivity index (χ1n) is 9.53. The van der Waals surface area contributed by atoms with Gasteiger partial charge in [0.2, 0.25) is 5.91 Å². The number of hydrogen-bond donors (Lipinski definition) is 3. The van der Waals surface area contributed by atoms with Gasteiger partial charge in [0.05, 0.1) is 16.1 Å². The third-order valence-electron chi connectivity index (χ3n) is 4.89. The summed E-state index contributed by atoms with van der Waals surface area (Å²) in [6.45, 7) is 0.158. The number of carbonyl (C=O) groups is 3. The van der Waals surface area contributed by atoms with Gasteiger partial charge in [0, 0.05) is 18.0 Å². The van der Waals surface area contributed by atoms with Crippen molar-refractivity contribution >= 4 is 57.6 Å². The topological polar surface area (TPSA) is 135 Å². The quantitative estimate of drug-likeness (QED) is 0.496. The van der Waals surface area contributed by atoms with Crippen molar-refractivity contribution in [3.05, 3.63) is 62.4 Å². The molecular formula is C20H16Cl2N6O4. The Hall–Kier alpha value is -3.50. The average molecular weight is 475 g/mol. The van der Waals surface area contributed by atoms with E-state index in [1.807, 2.05) is 0 Å². The molecule has 3 aromatic rings. The van der Waals surface area contributed by atoms with Gasteiger partial charge < -0.3 is 10.6 Å². The summed E-state index contributed by atoms with van der Waals surface area (Å²) in [5, 5.41) is 16.4. The van der Waals surface area contributed by atoms with E-state index in [4.69, 9.17) is 23.2 Å². The van der Waals surface area contributed by atoms with Crippen LogP contribution in [0.3, 0.4) is 0 Å². The van der Waals surface area contributed by atoms with Crippen LogP contribution < -0.4 is 21.5 Å². The third-order valence-corrected chi connectivity index (χ3v) is 5.43. The predicted octanol–water partition coefficient (Wildman–Crippen LogP) is 2.40. The summed E-state index contributed by atoms with van der Waals surface area (Å²) in [6, 6.07) is 8.18. The number of halogens is 2. The van der Waals surface area contributed by atoms with E-state index < -0.39 is 23.5 Å². The summed E-state index contributed by atoms with van der Waals surface area (Å²) in [5.41, 5.74) is 0.924. The molecule has 1 atom stereocenters. The van der Waals surface area contributed by atoms with Crippen LogP contribution in [0.2, 0.25) is 10.0 Å². The number of imide groups is 1. The first kappa shape index (κ1) is 21.7. The SMILES string of the molecule is O=C1CCC(n2nnc3cc(CNC(=O)Nc4ccc(Cl)cc4Cl)ccc3c2=O)C(=O)N1. The fourth-order valence-corrected chi connectivity index (χ4v) is 3.73. The smallest absolute Gasteiger partial charge is 0.319 e. The number of nitrogens with one attached hydrogen (secondary N) is 3. The second-order valence-electron chi connectivity index (χ2n) is 7.09. The van der Waals surface area contributed by atoms with Crippen LogP contribution >= 0.6 is 23.2 Å². The molecule has 0 radical (unpaired) electrons. The molecule has 1 aliphatic heterocycles. The van der Waals surface area contributed by atoms with Crippen LogP contribution in [0.1, 0.15) is 24.4 Å². The fraction of sp³-hybridized carbons (Fsp3) is 0.200. The van der Waals surface area contributed by atoms with Gasteiger partial charge in [0.25, 0.3) is 11.5 Å². The summed E-state index contributed by atoms with van der Waals surface area (Å²) >= 11 is 11.9. The third kappa shape index (κ3) is 4.56. The zero-order valence-electron chi connectivity index (χ0n) is 16.4. The first-order chi connectivity index (χ1) is 15.3. The highest BCUT2D eigenvalue weighted by atomic mass is 35.5.